The summed E-state index contributed by atoms with van der Waals surface area (Å²) >= 11 is 12.0. The first-order chi connectivity index (χ1) is 8.53. The van der Waals surface area contributed by atoms with Crippen LogP contribution in [0.3, 0.4) is 0 Å². The topological polar surface area (TPSA) is 29.5 Å². The van der Waals surface area contributed by atoms with Crippen LogP contribution in [0.2, 0.25) is 10.0 Å². The van der Waals surface area contributed by atoms with Gasteiger partial charge in [0.05, 0.1) is 11.1 Å². The largest absolute Gasteiger partial charge is 0.488 e. The van der Waals surface area contributed by atoms with Crippen molar-refractivity contribution in [2.45, 2.75) is 45.3 Å². The van der Waals surface area contributed by atoms with Crippen molar-refractivity contribution in [3.63, 3.8) is 0 Å². The zero-order chi connectivity index (χ0) is 13.3. The molecule has 2 nitrogen and oxygen atoms in total. The Morgan fingerprint density at radius 1 is 1.33 bits per heavy atom. The lowest BCUT2D eigenvalue weighted by atomic mass is 9.60. The van der Waals surface area contributed by atoms with E-state index in [2.05, 4.69) is 13.8 Å². The van der Waals surface area contributed by atoms with Crippen LogP contribution in [-0.2, 0) is 0 Å². The van der Waals surface area contributed by atoms with Gasteiger partial charge in [-0.05, 0) is 25.0 Å². The third kappa shape index (κ3) is 2.22. The summed E-state index contributed by atoms with van der Waals surface area (Å²) in [4.78, 5) is 0. The van der Waals surface area contributed by atoms with Crippen LogP contribution in [0, 0.1) is 5.41 Å². The number of aliphatic hydroxyl groups is 1. The molecule has 2 unspecified atom stereocenters. The van der Waals surface area contributed by atoms with Crippen LogP contribution in [0.4, 0.5) is 0 Å². The summed E-state index contributed by atoms with van der Waals surface area (Å²) in [7, 11) is 0. The van der Waals surface area contributed by atoms with E-state index in [1.165, 1.54) is 0 Å². The Kier molecular flexibility index (Phi) is 4.10. The zero-order valence-electron chi connectivity index (χ0n) is 10.6. The summed E-state index contributed by atoms with van der Waals surface area (Å²) in [5, 5.41) is 11.2. The van der Waals surface area contributed by atoms with Gasteiger partial charge in [0.1, 0.15) is 11.9 Å². The van der Waals surface area contributed by atoms with Crippen molar-refractivity contribution in [3.8, 4) is 5.75 Å². The van der Waals surface area contributed by atoms with E-state index in [9.17, 15) is 5.11 Å². The SMILES string of the molecule is CCC1(CC)C(O)CC1Oc1cc(Cl)ccc1Cl. The second-order valence-electron chi connectivity index (χ2n) is 4.87. The lowest BCUT2D eigenvalue weighted by Crippen LogP contribution is -2.59. The van der Waals surface area contributed by atoms with Crippen molar-refractivity contribution >= 4 is 23.2 Å². The van der Waals surface area contributed by atoms with E-state index < -0.39 is 0 Å². The van der Waals surface area contributed by atoms with E-state index in [1.807, 2.05) is 0 Å². The average molecular weight is 289 g/mol. The highest BCUT2D eigenvalue weighted by Crippen LogP contribution is 2.49. The van der Waals surface area contributed by atoms with Gasteiger partial charge in [-0.15, -0.1) is 0 Å². The number of aliphatic hydroxyl groups excluding tert-OH is 1. The van der Waals surface area contributed by atoms with Crippen LogP contribution in [0.5, 0.6) is 5.75 Å². The normalized spacial score (nSPS) is 25.6. The van der Waals surface area contributed by atoms with Crippen molar-refractivity contribution in [3.05, 3.63) is 28.2 Å². The van der Waals surface area contributed by atoms with E-state index >= 15 is 0 Å². The van der Waals surface area contributed by atoms with Crippen LogP contribution in [0.25, 0.3) is 0 Å². The van der Waals surface area contributed by atoms with E-state index in [0.717, 1.165) is 12.8 Å². The summed E-state index contributed by atoms with van der Waals surface area (Å²) in [6.07, 6.45) is 2.18. The van der Waals surface area contributed by atoms with Gasteiger partial charge >= 0.3 is 0 Å². The number of halogens is 2. The van der Waals surface area contributed by atoms with E-state index in [-0.39, 0.29) is 17.6 Å². The number of ether oxygens (including phenoxy) is 1. The first-order valence-corrected chi connectivity index (χ1v) is 7.09. The van der Waals surface area contributed by atoms with Gasteiger partial charge in [-0.1, -0.05) is 37.0 Å². The van der Waals surface area contributed by atoms with E-state index in [4.69, 9.17) is 27.9 Å². The summed E-state index contributed by atoms with van der Waals surface area (Å²) in [6, 6.07) is 5.19. The number of hydrogen-bond acceptors (Lipinski definition) is 2. The van der Waals surface area contributed by atoms with Crippen LogP contribution in [0.1, 0.15) is 33.1 Å². The highest BCUT2D eigenvalue weighted by Gasteiger charge is 2.53. The van der Waals surface area contributed by atoms with E-state index in [1.54, 1.807) is 18.2 Å². The fourth-order valence-electron chi connectivity index (χ4n) is 2.79. The minimum atomic E-state index is -0.282. The molecule has 0 radical (unpaired) electrons. The zero-order valence-corrected chi connectivity index (χ0v) is 12.1. The molecule has 1 fully saturated rings. The Morgan fingerprint density at radius 3 is 2.56 bits per heavy atom. The minimum Gasteiger partial charge on any atom is -0.488 e. The molecule has 0 aromatic heterocycles. The molecule has 1 saturated carbocycles. The van der Waals surface area contributed by atoms with Gasteiger partial charge in [0.2, 0.25) is 0 Å². The molecule has 1 aromatic rings. The Morgan fingerprint density at radius 2 is 2.00 bits per heavy atom. The Bertz CT molecular complexity index is 430. The molecule has 2 atom stereocenters. The van der Waals surface area contributed by atoms with Crippen molar-refractivity contribution < 1.29 is 9.84 Å². The number of rotatable bonds is 4. The lowest BCUT2D eigenvalue weighted by Gasteiger charge is -2.52. The predicted octanol–water partition coefficient (Wildman–Crippen LogP) is 4.31. The molecule has 4 heteroatoms. The van der Waals surface area contributed by atoms with Crippen LogP contribution >= 0.6 is 23.2 Å². The van der Waals surface area contributed by atoms with Gasteiger partial charge in [-0.3, -0.25) is 0 Å². The summed E-state index contributed by atoms with van der Waals surface area (Å²) in [5.74, 6) is 0.604. The first-order valence-electron chi connectivity index (χ1n) is 6.33. The highest BCUT2D eigenvalue weighted by atomic mass is 35.5. The van der Waals surface area contributed by atoms with Crippen LogP contribution in [-0.4, -0.2) is 17.3 Å². The van der Waals surface area contributed by atoms with Crippen molar-refractivity contribution in [1.29, 1.82) is 0 Å². The highest BCUT2D eigenvalue weighted by molar-refractivity contribution is 6.34. The fraction of sp³-hybridized carbons (Fsp3) is 0.571. The molecular formula is C14H18Cl2O2. The standard InChI is InChI=1S/C14H18Cl2O2/c1-3-14(4-2)12(17)8-13(14)18-11-7-9(15)5-6-10(11)16/h5-7,12-13,17H,3-4,8H2,1-2H3. The Labute approximate surface area is 118 Å². The van der Waals surface area contributed by atoms with Crippen molar-refractivity contribution in [2.24, 2.45) is 5.41 Å². The van der Waals surface area contributed by atoms with Gasteiger partial charge in [0.25, 0.3) is 0 Å². The molecule has 0 bridgehead atoms. The molecule has 1 aliphatic rings. The third-order valence-corrected chi connectivity index (χ3v) is 4.77. The van der Waals surface area contributed by atoms with Crippen molar-refractivity contribution in [2.75, 3.05) is 0 Å². The summed E-state index contributed by atoms with van der Waals surface area (Å²) in [5.41, 5.74) is -0.147. The maximum atomic E-state index is 9.99. The molecule has 1 aliphatic carbocycles. The molecule has 18 heavy (non-hydrogen) atoms. The molecule has 0 saturated heterocycles. The smallest absolute Gasteiger partial charge is 0.139 e. The second kappa shape index (κ2) is 5.28. The van der Waals surface area contributed by atoms with E-state index in [0.29, 0.717) is 22.2 Å². The quantitative estimate of drug-likeness (QED) is 0.894. The average Bonchev–Trinajstić information content (AvgIpc) is 2.35. The summed E-state index contributed by atoms with van der Waals surface area (Å²) in [6.45, 7) is 4.17. The monoisotopic (exact) mass is 288 g/mol. The number of hydrogen-bond donors (Lipinski definition) is 1. The molecule has 1 aromatic carbocycles. The van der Waals surface area contributed by atoms with Gasteiger partial charge in [0.15, 0.2) is 0 Å². The molecule has 0 aliphatic heterocycles. The molecular weight excluding hydrogens is 271 g/mol. The molecule has 100 valence electrons. The molecule has 2 rings (SSSR count). The number of benzene rings is 1. The Hall–Kier alpha value is -0.440. The third-order valence-electron chi connectivity index (χ3n) is 4.22. The van der Waals surface area contributed by atoms with Gasteiger partial charge in [-0.25, -0.2) is 0 Å². The fourth-order valence-corrected chi connectivity index (χ4v) is 3.11. The van der Waals surface area contributed by atoms with Crippen molar-refractivity contribution in [1.82, 2.24) is 0 Å². The van der Waals surface area contributed by atoms with Gasteiger partial charge < -0.3 is 9.84 Å². The Balaban J connectivity index is 2.17. The predicted molar refractivity (Wildman–Crippen MR) is 74.5 cm³/mol. The molecule has 0 heterocycles. The van der Waals surface area contributed by atoms with Crippen LogP contribution in [0.15, 0.2) is 18.2 Å². The second-order valence-corrected chi connectivity index (χ2v) is 5.72. The summed E-state index contributed by atoms with van der Waals surface area (Å²) < 4.78 is 5.95. The maximum Gasteiger partial charge on any atom is 0.139 e. The van der Waals surface area contributed by atoms with Gasteiger partial charge in [0, 0.05) is 22.9 Å². The molecule has 0 spiro atoms. The minimum absolute atomic E-state index is 0.0125. The maximum absolute atomic E-state index is 9.99. The van der Waals surface area contributed by atoms with Gasteiger partial charge in [-0.2, -0.15) is 0 Å². The molecule has 1 N–H and O–H groups in total. The van der Waals surface area contributed by atoms with Crippen LogP contribution < -0.4 is 4.74 Å². The first kappa shape index (κ1) is 14.0. The molecule has 0 amide bonds. The lowest BCUT2D eigenvalue weighted by molar-refractivity contribution is -0.159.